The van der Waals surface area contributed by atoms with Crippen molar-refractivity contribution in [3.8, 4) is 0 Å². The smallest absolute Gasteiger partial charge is 0.349 e. The Labute approximate surface area is 125 Å². The molecule has 0 aliphatic rings. The van der Waals surface area contributed by atoms with Gasteiger partial charge in [0.25, 0.3) is 0 Å². The molecular formula is C11H13N3O5S2. The highest BCUT2D eigenvalue weighted by molar-refractivity contribution is 7.89. The monoisotopic (exact) mass is 331 g/mol. The number of sulfonamides is 1. The van der Waals surface area contributed by atoms with Crippen molar-refractivity contribution in [3.63, 3.8) is 0 Å². The highest BCUT2D eigenvalue weighted by Gasteiger charge is 2.27. The summed E-state index contributed by atoms with van der Waals surface area (Å²) in [5.74, 6) is -0.278. The van der Waals surface area contributed by atoms with Crippen LogP contribution in [0.5, 0.6) is 0 Å². The van der Waals surface area contributed by atoms with Crippen LogP contribution in [0.1, 0.15) is 21.1 Å². The number of nitrogens with one attached hydrogen (secondary N) is 1. The summed E-state index contributed by atoms with van der Waals surface area (Å²) < 4.78 is 36.2. The molecule has 0 aliphatic heterocycles. The van der Waals surface area contributed by atoms with E-state index < -0.39 is 16.0 Å². The second-order valence-electron chi connectivity index (χ2n) is 4.06. The fourth-order valence-corrected chi connectivity index (χ4v) is 4.41. The third-order valence-corrected chi connectivity index (χ3v) is 5.46. The lowest BCUT2D eigenvalue weighted by atomic mass is 10.3. The Morgan fingerprint density at radius 3 is 2.90 bits per heavy atom. The van der Waals surface area contributed by atoms with Crippen LogP contribution in [0.2, 0.25) is 0 Å². The highest BCUT2D eigenvalue weighted by atomic mass is 32.2. The van der Waals surface area contributed by atoms with Crippen LogP contribution in [-0.4, -0.2) is 38.2 Å². The molecule has 2 aromatic rings. The van der Waals surface area contributed by atoms with Crippen LogP contribution in [-0.2, 0) is 21.2 Å². The maximum absolute atomic E-state index is 12.3. The van der Waals surface area contributed by atoms with Gasteiger partial charge in [0.15, 0.2) is 5.82 Å². The summed E-state index contributed by atoms with van der Waals surface area (Å²) in [6.07, 6.45) is 1.45. The van der Waals surface area contributed by atoms with Gasteiger partial charge in [-0.3, -0.25) is 0 Å². The van der Waals surface area contributed by atoms with Crippen LogP contribution in [0.3, 0.4) is 0 Å². The Morgan fingerprint density at radius 1 is 1.52 bits per heavy atom. The van der Waals surface area contributed by atoms with E-state index in [1.165, 1.54) is 13.5 Å². The zero-order valence-corrected chi connectivity index (χ0v) is 13.0. The quantitative estimate of drug-likeness (QED) is 0.777. The molecule has 2 heterocycles. The molecule has 0 radical (unpaired) electrons. The van der Waals surface area contributed by atoms with Crippen molar-refractivity contribution in [2.75, 3.05) is 13.7 Å². The standard InChI is InChI=1S/C11H13N3O5S2/c1-7-5-20-9(11(15)18-2)10(7)21(16,17)13-4-3-8-12-6-19-14-8/h5-6,13H,3-4H2,1-2H3. The number of carbonyl (C=O) groups is 1. The molecule has 10 heteroatoms. The first-order chi connectivity index (χ1) is 9.95. The Morgan fingerprint density at radius 2 is 2.29 bits per heavy atom. The molecule has 0 unspecified atom stereocenters. The summed E-state index contributed by atoms with van der Waals surface area (Å²) in [5.41, 5.74) is 0.493. The number of nitrogens with zero attached hydrogens (tertiary/aromatic N) is 2. The van der Waals surface area contributed by atoms with Crippen LogP contribution in [0, 0.1) is 6.92 Å². The van der Waals surface area contributed by atoms with Crippen molar-refractivity contribution < 1.29 is 22.5 Å². The van der Waals surface area contributed by atoms with E-state index in [0.717, 1.165) is 11.3 Å². The number of aryl methyl sites for hydroxylation is 1. The number of rotatable bonds is 6. The van der Waals surface area contributed by atoms with E-state index in [1.54, 1.807) is 12.3 Å². The molecule has 0 saturated carbocycles. The van der Waals surface area contributed by atoms with Gasteiger partial charge in [0.2, 0.25) is 16.4 Å². The van der Waals surface area contributed by atoms with E-state index in [0.29, 0.717) is 11.4 Å². The molecule has 0 aliphatic carbocycles. The second kappa shape index (κ2) is 6.33. The predicted molar refractivity (Wildman–Crippen MR) is 73.6 cm³/mol. The molecule has 0 bridgehead atoms. The lowest BCUT2D eigenvalue weighted by molar-refractivity contribution is 0.0602. The van der Waals surface area contributed by atoms with Crippen LogP contribution in [0.25, 0.3) is 0 Å². The third kappa shape index (κ3) is 3.46. The van der Waals surface area contributed by atoms with E-state index in [4.69, 9.17) is 0 Å². The maximum Gasteiger partial charge on any atom is 0.349 e. The van der Waals surface area contributed by atoms with Crippen molar-refractivity contribution in [1.29, 1.82) is 0 Å². The average molecular weight is 331 g/mol. The Kier molecular flexibility index (Phi) is 4.70. The molecule has 8 nitrogen and oxygen atoms in total. The van der Waals surface area contributed by atoms with Gasteiger partial charge in [-0.2, -0.15) is 4.98 Å². The second-order valence-corrected chi connectivity index (χ2v) is 6.65. The molecule has 114 valence electrons. The Bertz CT molecular complexity index is 721. The van der Waals surface area contributed by atoms with Crippen LogP contribution in [0.4, 0.5) is 0 Å². The lowest BCUT2D eigenvalue weighted by Gasteiger charge is -2.07. The van der Waals surface area contributed by atoms with Gasteiger partial charge in [-0.15, -0.1) is 11.3 Å². The number of aromatic nitrogens is 2. The molecule has 0 amide bonds. The normalized spacial score (nSPS) is 11.5. The molecule has 0 atom stereocenters. The number of hydrogen-bond acceptors (Lipinski definition) is 8. The van der Waals surface area contributed by atoms with Gasteiger partial charge in [0, 0.05) is 13.0 Å². The number of carbonyl (C=O) groups excluding carboxylic acids is 1. The summed E-state index contributed by atoms with van der Waals surface area (Å²) in [6.45, 7) is 1.72. The highest BCUT2D eigenvalue weighted by Crippen LogP contribution is 2.27. The van der Waals surface area contributed by atoms with E-state index in [-0.39, 0.29) is 22.7 Å². The summed E-state index contributed by atoms with van der Waals surface area (Å²) in [5, 5.41) is 5.18. The SMILES string of the molecule is COC(=O)c1scc(C)c1S(=O)(=O)NCCc1ncon1. The van der Waals surface area contributed by atoms with Gasteiger partial charge in [-0.05, 0) is 17.9 Å². The molecule has 0 saturated heterocycles. The summed E-state index contributed by atoms with van der Waals surface area (Å²) in [7, 11) is -2.61. The molecule has 0 aromatic carbocycles. The average Bonchev–Trinajstić information content (AvgIpc) is 3.07. The minimum Gasteiger partial charge on any atom is -0.465 e. The molecule has 2 aromatic heterocycles. The van der Waals surface area contributed by atoms with Crippen LogP contribution in [0.15, 0.2) is 21.2 Å². The topological polar surface area (TPSA) is 111 Å². The predicted octanol–water partition coefficient (Wildman–Crippen LogP) is 0.747. The number of esters is 1. The number of ether oxygens (including phenoxy) is 1. The fraction of sp³-hybridized carbons (Fsp3) is 0.364. The fourth-order valence-electron chi connectivity index (χ4n) is 1.67. The summed E-state index contributed by atoms with van der Waals surface area (Å²) in [6, 6.07) is 0. The van der Waals surface area contributed by atoms with Gasteiger partial charge in [-0.1, -0.05) is 5.16 Å². The minimum absolute atomic E-state index is 0.0486. The van der Waals surface area contributed by atoms with Crippen molar-refractivity contribution in [2.24, 2.45) is 0 Å². The first-order valence-corrected chi connectivity index (χ1v) is 8.23. The van der Waals surface area contributed by atoms with E-state index >= 15 is 0 Å². The first-order valence-electron chi connectivity index (χ1n) is 5.87. The molecule has 2 rings (SSSR count). The lowest BCUT2D eigenvalue weighted by Crippen LogP contribution is -2.27. The van der Waals surface area contributed by atoms with Crippen molar-refractivity contribution in [3.05, 3.63) is 28.0 Å². The molecule has 0 fully saturated rings. The summed E-state index contributed by atoms with van der Waals surface area (Å²) in [4.78, 5) is 15.4. The maximum atomic E-state index is 12.3. The van der Waals surface area contributed by atoms with Crippen molar-refractivity contribution in [2.45, 2.75) is 18.2 Å². The zero-order valence-electron chi connectivity index (χ0n) is 11.3. The van der Waals surface area contributed by atoms with Crippen molar-refractivity contribution >= 4 is 27.3 Å². The zero-order chi connectivity index (χ0) is 15.5. The van der Waals surface area contributed by atoms with Gasteiger partial charge in [0.1, 0.15) is 9.77 Å². The largest absolute Gasteiger partial charge is 0.465 e. The number of hydrogen-bond donors (Lipinski definition) is 1. The van der Waals surface area contributed by atoms with Crippen molar-refractivity contribution in [1.82, 2.24) is 14.9 Å². The van der Waals surface area contributed by atoms with Gasteiger partial charge < -0.3 is 9.26 Å². The number of methoxy groups -OCH3 is 1. The third-order valence-electron chi connectivity index (χ3n) is 2.61. The van der Waals surface area contributed by atoms with E-state index in [2.05, 4.69) is 24.1 Å². The molecule has 1 N–H and O–H groups in total. The van der Waals surface area contributed by atoms with Crippen LogP contribution >= 0.6 is 11.3 Å². The Balaban J connectivity index is 2.15. The Hall–Kier alpha value is -1.78. The molecule has 21 heavy (non-hydrogen) atoms. The minimum atomic E-state index is -3.81. The summed E-state index contributed by atoms with van der Waals surface area (Å²) >= 11 is 1.03. The molecule has 0 spiro atoms. The van der Waals surface area contributed by atoms with E-state index in [1.807, 2.05) is 0 Å². The van der Waals surface area contributed by atoms with Gasteiger partial charge in [0.05, 0.1) is 7.11 Å². The molecular weight excluding hydrogens is 318 g/mol. The van der Waals surface area contributed by atoms with E-state index in [9.17, 15) is 13.2 Å². The number of thiophene rings is 1. The van der Waals surface area contributed by atoms with Crippen LogP contribution < -0.4 is 4.72 Å². The van der Waals surface area contributed by atoms with Gasteiger partial charge in [-0.25, -0.2) is 17.9 Å². The first kappa shape index (κ1) is 15.6. The van der Waals surface area contributed by atoms with Gasteiger partial charge >= 0.3 is 5.97 Å².